The summed E-state index contributed by atoms with van der Waals surface area (Å²) in [7, 11) is 2.99. The number of pyridine rings is 1. The van der Waals surface area contributed by atoms with Crippen molar-refractivity contribution in [2.75, 3.05) is 43.7 Å². The number of carboxylic acid groups (broad SMARTS) is 1. The molecule has 0 saturated carbocycles. The van der Waals surface area contributed by atoms with Crippen molar-refractivity contribution in [1.29, 1.82) is 0 Å². The van der Waals surface area contributed by atoms with Crippen molar-refractivity contribution in [2.24, 2.45) is 5.92 Å². The molecule has 2 aromatic rings. The third-order valence-corrected chi connectivity index (χ3v) is 7.10. The van der Waals surface area contributed by atoms with E-state index in [0.29, 0.717) is 10.9 Å². The number of carboxylic acids is 1. The number of anilines is 2. The molecule has 10 heteroatoms. The lowest BCUT2D eigenvalue weighted by Crippen LogP contribution is -2.44. The number of alkyl halides is 1. The molecule has 1 N–H and O–H groups in total. The van der Waals surface area contributed by atoms with Gasteiger partial charge in [-0.2, -0.15) is 0 Å². The lowest BCUT2D eigenvalue weighted by Gasteiger charge is -2.38. The molecule has 0 radical (unpaired) electrons. The predicted molar refractivity (Wildman–Crippen MR) is 132 cm³/mol. The molecule has 2 aliphatic rings. The number of carbonyl (C=O) groups is 1. The number of hydrogen-bond donors (Lipinski definition) is 1. The molecule has 0 spiro atoms. The Hall–Kier alpha value is -2.78. The van der Waals surface area contributed by atoms with Crippen molar-refractivity contribution in [2.45, 2.75) is 44.2 Å². The Morgan fingerprint density at radius 2 is 2.00 bits per heavy atom. The van der Waals surface area contributed by atoms with Crippen LogP contribution in [0.1, 0.15) is 19.8 Å². The Bertz CT molecular complexity index is 1030. The molecular weight excluding hydrogens is 477 g/mol. The molecule has 35 heavy (non-hydrogen) atoms. The fourth-order valence-corrected chi connectivity index (χ4v) is 5.25. The molecule has 5 atom stereocenters. The minimum absolute atomic E-state index is 0.0271. The number of halogens is 2. The smallest absolute Gasteiger partial charge is 0.305 e. The van der Waals surface area contributed by atoms with Gasteiger partial charge in [-0.3, -0.25) is 4.79 Å². The lowest BCUT2D eigenvalue weighted by atomic mass is 9.96. The maximum atomic E-state index is 14.5. The predicted octanol–water partition coefficient (Wildman–Crippen LogP) is 4.05. The molecule has 1 aromatic heterocycles. The number of piperidine rings is 1. The van der Waals surface area contributed by atoms with Gasteiger partial charge in [0.25, 0.3) is 0 Å². The average Bonchev–Trinajstić information content (AvgIpc) is 3.15. The number of methoxy groups -OCH3 is 2. The van der Waals surface area contributed by atoms with Crippen LogP contribution in [0, 0.1) is 5.92 Å². The van der Waals surface area contributed by atoms with Crippen molar-refractivity contribution < 1.29 is 28.5 Å². The van der Waals surface area contributed by atoms with E-state index in [-0.39, 0.29) is 25.0 Å². The van der Waals surface area contributed by atoms with Crippen molar-refractivity contribution in [3.8, 4) is 11.6 Å². The van der Waals surface area contributed by atoms with Crippen molar-refractivity contribution >= 4 is 28.9 Å². The second kappa shape index (κ2) is 10.9. The first-order valence-corrected chi connectivity index (χ1v) is 12.0. The van der Waals surface area contributed by atoms with Crippen LogP contribution >= 0.6 is 11.6 Å². The highest BCUT2D eigenvalue weighted by molar-refractivity contribution is 6.33. The van der Waals surface area contributed by atoms with Gasteiger partial charge < -0.3 is 29.1 Å². The van der Waals surface area contributed by atoms with E-state index < -0.39 is 24.3 Å². The monoisotopic (exact) mass is 507 g/mol. The van der Waals surface area contributed by atoms with Gasteiger partial charge in [0.1, 0.15) is 24.1 Å². The molecule has 8 nitrogen and oxygen atoms in total. The molecule has 0 bridgehead atoms. The molecule has 3 heterocycles. The number of aromatic nitrogens is 1. The topological polar surface area (TPSA) is 84.4 Å². The zero-order chi connectivity index (χ0) is 25.1. The number of ether oxygens (including phenoxy) is 3. The molecule has 4 rings (SSSR count). The maximum Gasteiger partial charge on any atom is 0.305 e. The first-order chi connectivity index (χ1) is 16.8. The SMILES string of the molecule is COc1cc(N2CCC(Oc3ccc(N4C[C@H](F)[C@@H](OC)[C@@H]4CC(=O)O)cc3)C(C)C2)c(Cl)cn1. The Kier molecular flexibility index (Phi) is 7.86. The summed E-state index contributed by atoms with van der Waals surface area (Å²) in [6.45, 7) is 3.79. The fourth-order valence-electron chi connectivity index (χ4n) is 5.02. The number of hydrogen-bond acceptors (Lipinski definition) is 7. The van der Waals surface area contributed by atoms with Gasteiger partial charge in [0, 0.05) is 44.3 Å². The summed E-state index contributed by atoms with van der Waals surface area (Å²) in [5.74, 6) is 0.501. The van der Waals surface area contributed by atoms with Gasteiger partial charge in [0.05, 0.1) is 43.0 Å². The molecule has 2 saturated heterocycles. The van der Waals surface area contributed by atoms with Crippen molar-refractivity contribution in [3.63, 3.8) is 0 Å². The third-order valence-electron chi connectivity index (χ3n) is 6.81. The Balaban J connectivity index is 1.40. The van der Waals surface area contributed by atoms with Crippen LogP contribution in [0.25, 0.3) is 0 Å². The van der Waals surface area contributed by atoms with Gasteiger partial charge in [0.15, 0.2) is 0 Å². The summed E-state index contributed by atoms with van der Waals surface area (Å²) < 4.78 is 31.3. The van der Waals surface area contributed by atoms with E-state index in [4.69, 9.17) is 25.8 Å². The van der Waals surface area contributed by atoms with Gasteiger partial charge >= 0.3 is 5.97 Å². The minimum atomic E-state index is -1.25. The zero-order valence-electron chi connectivity index (χ0n) is 20.1. The number of aliphatic carboxylic acids is 1. The molecule has 190 valence electrons. The molecule has 2 aliphatic heterocycles. The van der Waals surface area contributed by atoms with Crippen LogP contribution < -0.4 is 19.3 Å². The Morgan fingerprint density at radius 3 is 2.63 bits per heavy atom. The molecule has 0 amide bonds. The van der Waals surface area contributed by atoms with Crippen molar-refractivity contribution in [3.05, 3.63) is 41.6 Å². The van der Waals surface area contributed by atoms with E-state index in [9.17, 15) is 14.3 Å². The highest BCUT2D eigenvalue weighted by atomic mass is 35.5. The van der Waals surface area contributed by atoms with E-state index in [2.05, 4.69) is 16.8 Å². The largest absolute Gasteiger partial charge is 0.490 e. The van der Waals surface area contributed by atoms with Crippen LogP contribution in [0.15, 0.2) is 36.5 Å². The second-order valence-corrected chi connectivity index (χ2v) is 9.48. The van der Waals surface area contributed by atoms with E-state index in [0.717, 1.165) is 36.6 Å². The summed E-state index contributed by atoms with van der Waals surface area (Å²) in [6, 6.07) is 8.67. The summed E-state index contributed by atoms with van der Waals surface area (Å²) in [6.07, 6.45) is 0.226. The average molecular weight is 508 g/mol. The van der Waals surface area contributed by atoms with E-state index in [1.165, 1.54) is 7.11 Å². The normalized spacial score (nSPS) is 26.6. The van der Waals surface area contributed by atoms with Gasteiger partial charge in [0.2, 0.25) is 5.88 Å². The number of nitrogens with zero attached hydrogens (tertiary/aromatic N) is 3. The van der Waals surface area contributed by atoms with E-state index >= 15 is 0 Å². The first-order valence-electron chi connectivity index (χ1n) is 11.7. The quantitative estimate of drug-likeness (QED) is 0.573. The highest BCUT2D eigenvalue weighted by Crippen LogP contribution is 2.35. The highest BCUT2D eigenvalue weighted by Gasteiger charge is 2.43. The zero-order valence-corrected chi connectivity index (χ0v) is 20.8. The lowest BCUT2D eigenvalue weighted by molar-refractivity contribution is -0.138. The standard InChI is InChI=1S/C25H31ClFN3O5/c1-15-13-29(20-10-23(33-2)28-12-18(20)26)9-8-22(15)35-17-6-4-16(5-7-17)30-14-19(27)25(34-3)21(30)11-24(31)32/h4-7,10,12,15,19,21-22,25H,8-9,11,13-14H2,1-3H3,(H,31,32)/t15?,19-,21-,22?,25+/m0/s1. The fraction of sp³-hybridized carbons (Fsp3) is 0.520. The van der Waals surface area contributed by atoms with Crippen LogP contribution in [0.2, 0.25) is 5.02 Å². The molecule has 2 fully saturated rings. The summed E-state index contributed by atoms with van der Waals surface area (Å²) in [5.41, 5.74) is 1.64. The van der Waals surface area contributed by atoms with Crippen LogP contribution in [-0.2, 0) is 9.53 Å². The van der Waals surface area contributed by atoms with Gasteiger partial charge in [-0.15, -0.1) is 0 Å². The van der Waals surface area contributed by atoms with E-state index in [1.807, 2.05) is 30.3 Å². The summed E-state index contributed by atoms with van der Waals surface area (Å²) in [5, 5.41) is 9.86. The van der Waals surface area contributed by atoms with Crippen LogP contribution in [-0.4, -0.2) is 74.3 Å². The maximum absolute atomic E-state index is 14.5. The van der Waals surface area contributed by atoms with Crippen molar-refractivity contribution in [1.82, 2.24) is 4.98 Å². The second-order valence-electron chi connectivity index (χ2n) is 9.07. The third kappa shape index (κ3) is 5.56. The van der Waals surface area contributed by atoms with Crippen LogP contribution in [0.5, 0.6) is 11.6 Å². The molecular formula is C25H31ClFN3O5. The minimum Gasteiger partial charge on any atom is -0.490 e. The Morgan fingerprint density at radius 1 is 1.26 bits per heavy atom. The molecule has 0 aliphatic carbocycles. The molecule has 2 unspecified atom stereocenters. The van der Waals surface area contributed by atoms with Gasteiger partial charge in [-0.25, -0.2) is 9.37 Å². The van der Waals surface area contributed by atoms with E-state index in [1.54, 1.807) is 18.2 Å². The summed E-state index contributed by atoms with van der Waals surface area (Å²) in [4.78, 5) is 19.5. The van der Waals surface area contributed by atoms with Gasteiger partial charge in [-0.1, -0.05) is 18.5 Å². The number of rotatable bonds is 8. The van der Waals surface area contributed by atoms with Gasteiger partial charge in [-0.05, 0) is 24.3 Å². The number of benzene rings is 1. The van der Waals surface area contributed by atoms with Crippen LogP contribution in [0.4, 0.5) is 15.8 Å². The molecule has 1 aromatic carbocycles. The summed E-state index contributed by atoms with van der Waals surface area (Å²) >= 11 is 6.38. The Labute approximate surface area is 209 Å². The van der Waals surface area contributed by atoms with Crippen LogP contribution in [0.3, 0.4) is 0 Å². The first kappa shape index (κ1) is 25.3.